The molecule has 0 bridgehead atoms. The topological polar surface area (TPSA) is 61.4 Å². The zero-order chi connectivity index (χ0) is 14.3. The summed E-state index contributed by atoms with van der Waals surface area (Å²) in [6, 6.07) is 0.125. The maximum Gasteiger partial charge on any atom is 0.279 e. The Balaban J connectivity index is 2.37. The van der Waals surface area contributed by atoms with Gasteiger partial charge in [-0.2, -0.15) is 17.4 Å². The SMILES string of the molecule is CCC1CCC(NS(=O)(=O)N(C)CCCNC)CC1. The van der Waals surface area contributed by atoms with Crippen LogP contribution in [0.3, 0.4) is 0 Å². The zero-order valence-corrected chi connectivity index (χ0v) is 13.3. The molecule has 0 atom stereocenters. The lowest BCUT2D eigenvalue weighted by atomic mass is 9.85. The third-order valence-corrected chi connectivity index (χ3v) is 5.68. The highest BCUT2D eigenvalue weighted by Crippen LogP contribution is 2.26. The van der Waals surface area contributed by atoms with Gasteiger partial charge in [0.25, 0.3) is 10.2 Å². The van der Waals surface area contributed by atoms with Gasteiger partial charge in [-0.1, -0.05) is 13.3 Å². The minimum atomic E-state index is -3.31. The van der Waals surface area contributed by atoms with E-state index in [0.717, 1.165) is 44.6 Å². The van der Waals surface area contributed by atoms with Gasteiger partial charge in [0.05, 0.1) is 0 Å². The van der Waals surface area contributed by atoms with E-state index in [9.17, 15) is 8.42 Å². The number of nitrogens with one attached hydrogen (secondary N) is 2. The Hall–Kier alpha value is -0.170. The molecule has 6 heteroatoms. The molecule has 1 saturated carbocycles. The van der Waals surface area contributed by atoms with Crippen molar-refractivity contribution in [3.05, 3.63) is 0 Å². The van der Waals surface area contributed by atoms with E-state index in [0.29, 0.717) is 6.54 Å². The fourth-order valence-corrected chi connectivity index (χ4v) is 3.79. The standard InChI is InChI=1S/C13H29N3O2S/c1-4-12-6-8-13(9-7-12)15-19(17,18)16(3)11-5-10-14-2/h12-15H,4-11H2,1-3H3. The van der Waals surface area contributed by atoms with Gasteiger partial charge < -0.3 is 5.32 Å². The largest absolute Gasteiger partial charge is 0.320 e. The highest BCUT2D eigenvalue weighted by molar-refractivity contribution is 7.87. The van der Waals surface area contributed by atoms with E-state index in [1.807, 2.05) is 7.05 Å². The van der Waals surface area contributed by atoms with Crippen LogP contribution in [0.4, 0.5) is 0 Å². The Kier molecular flexibility index (Phi) is 7.28. The second-order valence-electron chi connectivity index (χ2n) is 5.53. The second-order valence-corrected chi connectivity index (χ2v) is 7.34. The van der Waals surface area contributed by atoms with Crippen LogP contribution in [0.5, 0.6) is 0 Å². The summed E-state index contributed by atoms with van der Waals surface area (Å²) in [6.07, 6.45) is 6.28. The first-order valence-corrected chi connectivity index (χ1v) is 8.81. The molecule has 0 heterocycles. The summed E-state index contributed by atoms with van der Waals surface area (Å²) in [6.45, 7) is 3.60. The van der Waals surface area contributed by atoms with Gasteiger partial charge in [-0.3, -0.25) is 0 Å². The maximum atomic E-state index is 12.1. The number of hydrogen-bond donors (Lipinski definition) is 2. The molecule has 0 amide bonds. The summed E-state index contributed by atoms with van der Waals surface area (Å²) >= 11 is 0. The van der Waals surface area contributed by atoms with Crippen molar-refractivity contribution in [1.82, 2.24) is 14.3 Å². The van der Waals surface area contributed by atoms with E-state index in [4.69, 9.17) is 0 Å². The molecular formula is C13H29N3O2S. The molecule has 0 aromatic heterocycles. The van der Waals surface area contributed by atoms with Crippen LogP contribution >= 0.6 is 0 Å². The van der Waals surface area contributed by atoms with Crippen molar-refractivity contribution in [2.24, 2.45) is 5.92 Å². The molecule has 1 aliphatic rings. The minimum Gasteiger partial charge on any atom is -0.320 e. The molecule has 0 aromatic rings. The Morgan fingerprint density at radius 1 is 1.21 bits per heavy atom. The molecular weight excluding hydrogens is 262 g/mol. The summed E-state index contributed by atoms with van der Waals surface area (Å²) in [4.78, 5) is 0. The average molecular weight is 291 g/mol. The number of hydrogen-bond acceptors (Lipinski definition) is 3. The number of rotatable bonds is 8. The van der Waals surface area contributed by atoms with Crippen LogP contribution in [0.25, 0.3) is 0 Å². The van der Waals surface area contributed by atoms with E-state index >= 15 is 0 Å². The molecule has 1 rings (SSSR count). The first-order chi connectivity index (χ1) is 8.99. The summed E-state index contributed by atoms with van der Waals surface area (Å²) in [5.74, 6) is 0.786. The van der Waals surface area contributed by atoms with Gasteiger partial charge in [0.15, 0.2) is 0 Å². The highest BCUT2D eigenvalue weighted by atomic mass is 32.2. The molecule has 0 unspecified atom stereocenters. The van der Waals surface area contributed by atoms with E-state index in [-0.39, 0.29) is 6.04 Å². The first-order valence-electron chi connectivity index (χ1n) is 7.37. The Labute approximate surface area is 118 Å². The van der Waals surface area contributed by atoms with Crippen molar-refractivity contribution < 1.29 is 8.42 Å². The van der Waals surface area contributed by atoms with Crippen LogP contribution in [0.1, 0.15) is 45.4 Å². The minimum absolute atomic E-state index is 0.125. The average Bonchev–Trinajstić information content (AvgIpc) is 2.39. The van der Waals surface area contributed by atoms with Crippen LogP contribution in [0.15, 0.2) is 0 Å². The lowest BCUT2D eigenvalue weighted by molar-refractivity contribution is 0.302. The van der Waals surface area contributed by atoms with Crippen LogP contribution in [-0.4, -0.2) is 45.9 Å². The van der Waals surface area contributed by atoms with Gasteiger partial charge in [-0.25, -0.2) is 0 Å². The van der Waals surface area contributed by atoms with Crippen molar-refractivity contribution in [3.63, 3.8) is 0 Å². The molecule has 1 aliphatic carbocycles. The van der Waals surface area contributed by atoms with Crippen LogP contribution in [0, 0.1) is 5.92 Å². The van der Waals surface area contributed by atoms with Gasteiger partial charge in [-0.15, -0.1) is 0 Å². The molecule has 2 N–H and O–H groups in total. The molecule has 114 valence electrons. The fourth-order valence-electron chi connectivity index (χ4n) is 2.59. The maximum absolute atomic E-state index is 12.1. The molecule has 5 nitrogen and oxygen atoms in total. The van der Waals surface area contributed by atoms with Crippen LogP contribution < -0.4 is 10.0 Å². The predicted octanol–water partition coefficient (Wildman–Crippen LogP) is 1.33. The molecule has 0 aliphatic heterocycles. The molecule has 19 heavy (non-hydrogen) atoms. The lowest BCUT2D eigenvalue weighted by Crippen LogP contribution is -2.45. The number of nitrogens with zero attached hydrogens (tertiary/aromatic N) is 1. The fraction of sp³-hybridized carbons (Fsp3) is 1.00. The quantitative estimate of drug-likeness (QED) is 0.663. The van der Waals surface area contributed by atoms with Gasteiger partial charge in [0.1, 0.15) is 0 Å². The summed E-state index contributed by atoms with van der Waals surface area (Å²) in [7, 11) is 0.213. The van der Waals surface area contributed by atoms with E-state index in [1.54, 1.807) is 7.05 Å². The van der Waals surface area contributed by atoms with Crippen molar-refractivity contribution in [2.45, 2.75) is 51.5 Å². The summed E-state index contributed by atoms with van der Waals surface area (Å²) in [5, 5.41) is 3.03. The van der Waals surface area contributed by atoms with Gasteiger partial charge >= 0.3 is 0 Å². The second kappa shape index (κ2) is 8.19. The summed E-state index contributed by atoms with van der Waals surface area (Å²) < 4.78 is 28.5. The van der Waals surface area contributed by atoms with E-state index in [1.165, 1.54) is 10.7 Å². The van der Waals surface area contributed by atoms with Crippen molar-refractivity contribution in [2.75, 3.05) is 27.2 Å². The predicted molar refractivity (Wildman–Crippen MR) is 79.3 cm³/mol. The van der Waals surface area contributed by atoms with Gasteiger partial charge in [0.2, 0.25) is 0 Å². The Morgan fingerprint density at radius 2 is 1.84 bits per heavy atom. The zero-order valence-electron chi connectivity index (χ0n) is 12.5. The third kappa shape index (κ3) is 5.77. The summed E-state index contributed by atoms with van der Waals surface area (Å²) in [5.41, 5.74) is 0. The van der Waals surface area contributed by atoms with E-state index in [2.05, 4.69) is 17.0 Å². The van der Waals surface area contributed by atoms with Crippen molar-refractivity contribution in [1.29, 1.82) is 0 Å². The van der Waals surface area contributed by atoms with Gasteiger partial charge in [-0.05, 0) is 51.6 Å². The lowest BCUT2D eigenvalue weighted by Gasteiger charge is -2.29. The smallest absolute Gasteiger partial charge is 0.279 e. The third-order valence-electron chi connectivity index (χ3n) is 4.05. The van der Waals surface area contributed by atoms with Gasteiger partial charge in [0, 0.05) is 19.6 Å². The monoisotopic (exact) mass is 291 g/mol. The van der Waals surface area contributed by atoms with Crippen molar-refractivity contribution in [3.8, 4) is 0 Å². The highest BCUT2D eigenvalue weighted by Gasteiger charge is 2.26. The Morgan fingerprint density at radius 3 is 2.37 bits per heavy atom. The molecule has 1 fully saturated rings. The van der Waals surface area contributed by atoms with Crippen LogP contribution in [-0.2, 0) is 10.2 Å². The molecule has 0 radical (unpaired) electrons. The first kappa shape index (κ1) is 16.9. The van der Waals surface area contributed by atoms with E-state index < -0.39 is 10.2 Å². The molecule has 0 saturated heterocycles. The normalized spacial score (nSPS) is 24.8. The molecule has 0 aromatic carbocycles. The Bertz CT molecular complexity index is 338. The van der Waals surface area contributed by atoms with Crippen LogP contribution in [0.2, 0.25) is 0 Å². The van der Waals surface area contributed by atoms with Crippen molar-refractivity contribution >= 4 is 10.2 Å². The molecule has 0 spiro atoms.